The van der Waals surface area contributed by atoms with Gasteiger partial charge in [0.2, 0.25) is 0 Å². The van der Waals surface area contributed by atoms with Crippen molar-refractivity contribution >= 4 is 35.8 Å². The molecule has 2 N–H and O–H groups in total. The molecule has 1 saturated heterocycles. The molecule has 1 aliphatic rings. The summed E-state index contributed by atoms with van der Waals surface area (Å²) >= 11 is 0. The molecule has 0 radical (unpaired) electrons. The molecule has 7 nitrogen and oxygen atoms in total. The van der Waals surface area contributed by atoms with E-state index >= 15 is 0 Å². The summed E-state index contributed by atoms with van der Waals surface area (Å²) in [5, 5.41) is 7.79. The summed E-state index contributed by atoms with van der Waals surface area (Å²) in [6.07, 6.45) is 3.58. The lowest BCUT2D eigenvalue weighted by Crippen LogP contribution is -2.36. The van der Waals surface area contributed by atoms with Gasteiger partial charge in [-0.2, -0.15) is 0 Å². The van der Waals surface area contributed by atoms with E-state index in [2.05, 4.69) is 32.1 Å². The number of nitrogens with one attached hydrogen (secondary N) is 2. The average molecular weight is 458 g/mol. The van der Waals surface area contributed by atoms with E-state index in [0.29, 0.717) is 16.7 Å². The first-order valence-electron chi connectivity index (χ1n) is 11.5. The van der Waals surface area contributed by atoms with Crippen LogP contribution in [0.5, 0.6) is 0 Å². The molecule has 2 aromatic carbocycles. The Balaban J connectivity index is 1.44. The quantitative estimate of drug-likeness (QED) is 0.592. The number of carbonyl (C=O) groups excluding carboxylic acids is 1. The summed E-state index contributed by atoms with van der Waals surface area (Å²) in [7, 11) is 0. The van der Waals surface area contributed by atoms with Crippen LogP contribution in [0.1, 0.15) is 41.4 Å². The number of aromatic nitrogens is 2. The standard InChI is InChI=1S/C27H31N5O2/c1-5-24-20(4)30-26(17-28-24)29-19(3)21-7-6-8-23(16-21)31-27(33)22-9-10-25(18(2)15-22)32-11-13-34-14-12-32/h5-10,15-17,19H,4,11-14H2,1-3H3,(H,29,30)(H,31,33)/b24-5+. The van der Waals surface area contributed by atoms with E-state index in [1.165, 1.54) is 0 Å². The van der Waals surface area contributed by atoms with E-state index in [1.807, 2.05) is 69.3 Å². The minimum Gasteiger partial charge on any atom is -0.378 e. The molecule has 0 spiro atoms. The molecule has 2 heterocycles. The van der Waals surface area contributed by atoms with Crippen LogP contribution in [-0.4, -0.2) is 42.2 Å². The van der Waals surface area contributed by atoms with Crippen molar-refractivity contribution < 1.29 is 9.53 Å². The summed E-state index contributed by atoms with van der Waals surface area (Å²) in [4.78, 5) is 24.1. The van der Waals surface area contributed by atoms with Gasteiger partial charge in [-0.1, -0.05) is 24.8 Å². The molecule has 1 atom stereocenters. The molecule has 1 amide bonds. The number of carbonyl (C=O) groups is 1. The molecule has 4 rings (SSSR count). The molecule has 176 valence electrons. The van der Waals surface area contributed by atoms with E-state index in [4.69, 9.17) is 4.74 Å². The van der Waals surface area contributed by atoms with E-state index in [1.54, 1.807) is 6.20 Å². The fraction of sp³-hybridized carbons (Fsp3) is 0.296. The summed E-state index contributed by atoms with van der Waals surface area (Å²) in [5.74, 6) is 0.529. The molecule has 1 aliphatic heterocycles. The second kappa shape index (κ2) is 10.5. The zero-order valence-electron chi connectivity index (χ0n) is 20.0. The van der Waals surface area contributed by atoms with E-state index in [9.17, 15) is 4.79 Å². The molecule has 1 unspecified atom stereocenters. The van der Waals surface area contributed by atoms with Gasteiger partial charge in [0, 0.05) is 30.0 Å². The zero-order valence-corrected chi connectivity index (χ0v) is 20.0. The van der Waals surface area contributed by atoms with Crippen molar-refractivity contribution in [3.8, 4) is 0 Å². The number of hydrogen-bond donors (Lipinski definition) is 2. The van der Waals surface area contributed by atoms with E-state index < -0.39 is 0 Å². The van der Waals surface area contributed by atoms with Gasteiger partial charge in [-0.15, -0.1) is 0 Å². The van der Waals surface area contributed by atoms with Crippen LogP contribution in [0.4, 0.5) is 17.2 Å². The Kier molecular flexibility index (Phi) is 7.23. The van der Waals surface area contributed by atoms with Gasteiger partial charge in [0.05, 0.1) is 36.2 Å². The molecule has 7 heteroatoms. The number of morpholine rings is 1. The van der Waals surface area contributed by atoms with Crippen LogP contribution in [0, 0.1) is 6.92 Å². The first kappa shape index (κ1) is 23.4. The van der Waals surface area contributed by atoms with Gasteiger partial charge in [0.25, 0.3) is 5.91 Å². The van der Waals surface area contributed by atoms with Crippen molar-refractivity contribution in [1.29, 1.82) is 0 Å². The summed E-state index contributed by atoms with van der Waals surface area (Å²) < 4.78 is 5.44. The van der Waals surface area contributed by atoms with Gasteiger partial charge in [-0.3, -0.25) is 9.78 Å². The molecule has 0 aliphatic carbocycles. The van der Waals surface area contributed by atoms with Crippen molar-refractivity contribution in [1.82, 2.24) is 9.97 Å². The first-order chi connectivity index (χ1) is 16.4. The Bertz CT molecular complexity index is 1280. The molecule has 34 heavy (non-hydrogen) atoms. The molecular weight excluding hydrogens is 426 g/mol. The maximum atomic E-state index is 12.9. The lowest BCUT2D eigenvalue weighted by Gasteiger charge is -2.30. The van der Waals surface area contributed by atoms with E-state index in [0.717, 1.165) is 54.2 Å². The minimum atomic E-state index is -0.131. The SMILES string of the molecule is C=c1nc(NC(C)c2cccc(NC(=O)c3ccc(N4CCOCC4)c(C)c3)c2)cn/c1=C/C. The van der Waals surface area contributed by atoms with Crippen LogP contribution in [0.2, 0.25) is 0 Å². The second-order valence-electron chi connectivity index (χ2n) is 8.42. The number of nitrogens with zero attached hydrogens (tertiary/aromatic N) is 3. The number of benzene rings is 2. The monoisotopic (exact) mass is 457 g/mol. The highest BCUT2D eigenvalue weighted by molar-refractivity contribution is 6.04. The maximum Gasteiger partial charge on any atom is 0.255 e. The van der Waals surface area contributed by atoms with E-state index in [-0.39, 0.29) is 11.9 Å². The van der Waals surface area contributed by atoms with Gasteiger partial charge in [-0.25, -0.2) is 4.98 Å². The number of anilines is 3. The average Bonchev–Trinajstić information content (AvgIpc) is 2.85. The molecule has 0 bridgehead atoms. The second-order valence-corrected chi connectivity index (χ2v) is 8.42. The number of ether oxygens (including phenoxy) is 1. The highest BCUT2D eigenvalue weighted by Gasteiger charge is 2.15. The molecular formula is C27H31N5O2. The van der Waals surface area contributed by atoms with Crippen LogP contribution in [0.15, 0.2) is 48.7 Å². The maximum absolute atomic E-state index is 12.9. The van der Waals surface area contributed by atoms with Crippen LogP contribution in [-0.2, 0) is 4.74 Å². The first-order valence-corrected chi connectivity index (χ1v) is 11.5. The summed E-state index contributed by atoms with van der Waals surface area (Å²) in [5.41, 5.74) is 4.64. The smallest absolute Gasteiger partial charge is 0.255 e. The fourth-order valence-corrected chi connectivity index (χ4v) is 4.10. The number of rotatable bonds is 6. The van der Waals surface area contributed by atoms with Gasteiger partial charge < -0.3 is 20.3 Å². The lowest BCUT2D eigenvalue weighted by atomic mass is 10.1. The van der Waals surface area contributed by atoms with Crippen LogP contribution < -0.4 is 26.2 Å². The molecule has 1 aromatic heterocycles. The van der Waals surface area contributed by atoms with Crippen molar-refractivity contribution in [2.75, 3.05) is 41.8 Å². The third-order valence-corrected chi connectivity index (χ3v) is 5.97. The van der Waals surface area contributed by atoms with Crippen molar-refractivity contribution in [3.63, 3.8) is 0 Å². The van der Waals surface area contributed by atoms with Crippen molar-refractivity contribution in [2.45, 2.75) is 26.8 Å². The molecule has 0 saturated carbocycles. The summed E-state index contributed by atoms with van der Waals surface area (Å²) in [6, 6.07) is 13.6. The Labute approximate surface area is 200 Å². The fourth-order valence-electron chi connectivity index (χ4n) is 4.10. The number of aryl methyl sites for hydroxylation is 1. The Morgan fingerprint density at radius 1 is 1.21 bits per heavy atom. The van der Waals surface area contributed by atoms with Crippen LogP contribution in [0.3, 0.4) is 0 Å². The highest BCUT2D eigenvalue weighted by atomic mass is 16.5. The van der Waals surface area contributed by atoms with Gasteiger partial charge in [0.15, 0.2) is 0 Å². The molecule has 1 fully saturated rings. The molecule has 3 aromatic rings. The van der Waals surface area contributed by atoms with Gasteiger partial charge >= 0.3 is 0 Å². The number of amides is 1. The van der Waals surface area contributed by atoms with Crippen LogP contribution in [0.25, 0.3) is 12.7 Å². The normalized spacial score (nSPS) is 15.1. The Morgan fingerprint density at radius 3 is 2.71 bits per heavy atom. The van der Waals surface area contributed by atoms with Gasteiger partial charge in [-0.05, 0) is 62.2 Å². The lowest BCUT2D eigenvalue weighted by molar-refractivity contribution is 0.102. The van der Waals surface area contributed by atoms with Crippen molar-refractivity contribution in [2.24, 2.45) is 0 Å². The predicted molar refractivity (Wildman–Crippen MR) is 138 cm³/mol. The topological polar surface area (TPSA) is 79.4 Å². The Hall–Kier alpha value is -3.71. The van der Waals surface area contributed by atoms with Crippen LogP contribution >= 0.6 is 0 Å². The minimum absolute atomic E-state index is 0.0305. The summed E-state index contributed by atoms with van der Waals surface area (Å²) in [6.45, 7) is 13.1. The van der Waals surface area contributed by atoms with Crippen molar-refractivity contribution in [3.05, 3.63) is 76.1 Å². The zero-order chi connectivity index (χ0) is 24.1. The largest absolute Gasteiger partial charge is 0.378 e. The number of hydrogen-bond acceptors (Lipinski definition) is 6. The predicted octanol–water partition coefficient (Wildman–Crippen LogP) is 3.26. The highest BCUT2D eigenvalue weighted by Crippen LogP contribution is 2.24. The third kappa shape index (κ3) is 5.43. The third-order valence-electron chi connectivity index (χ3n) is 5.97. The van der Waals surface area contributed by atoms with Gasteiger partial charge in [0.1, 0.15) is 5.82 Å². The Morgan fingerprint density at radius 2 is 2.00 bits per heavy atom.